The molecule has 1 heterocycles. The number of hydrogen-bond donors (Lipinski definition) is 0. The first-order valence-electron chi connectivity index (χ1n) is 6.48. The maximum Gasteiger partial charge on any atom is 0.357 e. The molecule has 1 aromatic rings. The van der Waals surface area contributed by atoms with Crippen LogP contribution in [0.2, 0.25) is 25.7 Å². The van der Waals surface area contributed by atoms with E-state index in [1.807, 2.05) is 0 Å². The number of aromatic nitrogens is 2. The zero-order valence-electron chi connectivity index (χ0n) is 12.7. The Bertz CT molecular complexity index is 491. The first-order chi connectivity index (χ1) is 9.30. The largest absolute Gasteiger partial charge is 0.464 e. The first-order valence-corrected chi connectivity index (χ1v) is 10.2. The van der Waals surface area contributed by atoms with Crippen molar-refractivity contribution in [2.45, 2.75) is 39.3 Å². The van der Waals surface area contributed by atoms with Crippen molar-refractivity contribution in [3.05, 3.63) is 17.2 Å². The molecule has 0 saturated carbocycles. The predicted octanol–water partition coefficient (Wildman–Crippen LogP) is 2.10. The topological polar surface area (TPSA) is 70.4 Å². The number of nitrogens with zero attached hydrogens (tertiary/aromatic N) is 2. The summed E-state index contributed by atoms with van der Waals surface area (Å²) in [4.78, 5) is 26.7. The highest BCUT2D eigenvalue weighted by Gasteiger charge is 2.22. The summed E-state index contributed by atoms with van der Waals surface area (Å²) in [7, 11) is 0.123. The summed E-state index contributed by atoms with van der Waals surface area (Å²) < 4.78 is 11.9. The van der Waals surface area contributed by atoms with E-state index in [0.29, 0.717) is 18.7 Å². The maximum atomic E-state index is 11.7. The van der Waals surface area contributed by atoms with E-state index in [0.717, 1.165) is 6.04 Å². The molecule has 112 valence electrons. The number of rotatable bonds is 7. The van der Waals surface area contributed by atoms with Gasteiger partial charge in [-0.15, -0.1) is 0 Å². The Morgan fingerprint density at radius 3 is 2.55 bits per heavy atom. The molecular weight excluding hydrogens is 276 g/mol. The lowest BCUT2D eigenvalue weighted by Gasteiger charge is -2.16. The number of aldehydes is 1. The van der Waals surface area contributed by atoms with Crippen molar-refractivity contribution in [2.75, 3.05) is 13.7 Å². The molecule has 0 N–H and O–H groups in total. The van der Waals surface area contributed by atoms with Crippen molar-refractivity contribution in [1.29, 1.82) is 0 Å². The second-order valence-electron chi connectivity index (χ2n) is 5.78. The van der Waals surface area contributed by atoms with E-state index in [2.05, 4.69) is 29.4 Å². The molecule has 0 aromatic carbocycles. The molecule has 1 rings (SSSR count). The average Bonchev–Trinajstić information content (AvgIpc) is 2.69. The summed E-state index contributed by atoms with van der Waals surface area (Å²) in [5.41, 5.74) is 0.233. The van der Waals surface area contributed by atoms with Gasteiger partial charge in [0, 0.05) is 14.7 Å². The van der Waals surface area contributed by atoms with Gasteiger partial charge in [0.25, 0.3) is 0 Å². The summed E-state index contributed by atoms with van der Waals surface area (Å²) in [6.45, 7) is 9.35. The van der Waals surface area contributed by atoms with Crippen LogP contribution >= 0.6 is 0 Å². The smallest absolute Gasteiger partial charge is 0.357 e. The molecule has 6 nitrogen and oxygen atoms in total. The SMILES string of the molecule is COC(=O)c1c(C=O)nc(C)n1COCC[Si](C)(C)C. The van der Waals surface area contributed by atoms with E-state index >= 15 is 0 Å². The number of carbonyl (C=O) groups excluding carboxylic acids is 2. The fraction of sp³-hybridized carbons (Fsp3) is 0.615. The van der Waals surface area contributed by atoms with Crippen molar-refractivity contribution >= 4 is 20.3 Å². The lowest BCUT2D eigenvalue weighted by molar-refractivity contribution is 0.0535. The van der Waals surface area contributed by atoms with Gasteiger partial charge >= 0.3 is 5.97 Å². The molecule has 0 saturated heterocycles. The summed E-state index contributed by atoms with van der Waals surface area (Å²) in [5.74, 6) is -0.0259. The van der Waals surface area contributed by atoms with Crippen LogP contribution in [0.4, 0.5) is 0 Å². The summed E-state index contributed by atoms with van der Waals surface area (Å²) >= 11 is 0. The van der Waals surface area contributed by atoms with Gasteiger partial charge in [-0.05, 0) is 13.0 Å². The van der Waals surface area contributed by atoms with E-state index in [9.17, 15) is 9.59 Å². The normalized spacial score (nSPS) is 11.4. The van der Waals surface area contributed by atoms with Gasteiger partial charge in [-0.3, -0.25) is 9.36 Å². The van der Waals surface area contributed by atoms with Gasteiger partial charge in [0.1, 0.15) is 18.2 Å². The zero-order valence-corrected chi connectivity index (χ0v) is 13.7. The second kappa shape index (κ2) is 6.80. The van der Waals surface area contributed by atoms with E-state index in [1.54, 1.807) is 11.5 Å². The molecule has 0 radical (unpaired) electrons. The third kappa shape index (κ3) is 4.28. The number of imidazole rings is 1. The minimum absolute atomic E-state index is 0.0862. The molecule has 0 amide bonds. The lowest BCUT2D eigenvalue weighted by atomic mass is 10.3. The van der Waals surface area contributed by atoms with Gasteiger partial charge in [-0.2, -0.15) is 0 Å². The van der Waals surface area contributed by atoms with Crippen LogP contribution < -0.4 is 0 Å². The number of ether oxygens (including phenoxy) is 2. The Morgan fingerprint density at radius 1 is 1.40 bits per heavy atom. The predicted molar refractivity (Wildman–Crippen MR) is 77.8 cm³/mol. The minimum atomic E-state index is -1.15. The second-order valence-corrected chi connectivity index (χ2v) is 11.4. The Morgan fingerprint density at radius 2 is 2.05 bits per heavy atom. The van der Waals surface area contributed by atoms with E-state index < -0.39 is 14.0 Å². The number of carbonyl (C=O) groups is 2. The van der Waals surface area contributed by atoms with Crippen LogP contribution in [0, 0.1) is 6.92 Å². The van der Waals surface area contributed by atoms with Crippen LogP contribution in [0.3, 0.4) is 0 Å². The molecule has 0 unspecified atom stereocenters. The third-order valence-electron chi connectivity index (χ3n) is 2.89. The van der Waals surface area contributed by atoms with Gasteiger partial charge in [0.05, 0.1) is 7.11 Å². The molecule has 0 atom stereocenters. The van der Waals surface area contributed by atoms with Crippen LogP contribution in [0.15, 0.2) is 0 Å². The molecule has 20 heavy (non-hydrogen) atoms. The Kier molecular flexibility index (Phi) is 5.64. The average molecular weight is 298 g/mol. The van der Waals surface area contributed by atoms with Crippen LogP contribution in [-0.2, 0) is 16.2 Å². The van der Waals surface area contributed by atoms with Crippen LogP contribution in [-0.4, -0.2) is 43.6 Å². The van der Waals surface area contributed by atoms with Crippen molar-refractivity contribution in [1.82, 2.24) is 9.55 Å². The van der Waals surface area contributed by atoms with Crippen molar-refractivity contribution < 1.29 is 19.1 Å². The van der Waals surface area contributed by atoms with Crippen molar-refractivity contribution in [2.24, 2.45) is 0 Å². The van der Waals surface area contributed by atoms with E-state index in [1.165, 1.54) is 7.11 Å². The molecule has 0 bridgehead atoms. The Balaban J connectivity index is 2.81. The first kappa shape index (κ1) is 16.6. The standard InChI is InChI=1S/C13H22N2O4Si/c1-10-14-11(8-16)12(13(17)18-2)15(10)9-19-6-7-20(3,4)5/h8H,6-7,9H2,1-5H3. The molecular formula is C13H22N2O4Si. The fourth-order valence-corrected chi connectivity index (χ4v) is 2.43. The highest BCUT2D eigenvalue weighted by Crippen LogP contribution is 2.13. The number of esters is 1. The molecule has 1 aromatic heterocycles. The van der Waals surface area contributed by atoms with Gasteiger partial charge in [-0.1, -0.05) is 19.6 Å². The van der Waals surface area contributed by atoms with Crippen molar-refractivity contribution in [3.63, 3.8) is 0 Å². The zero-order chi connectivity index (χ0) is 15.3. The van der Waals surface area contributed by atoms with Gasteiger partial charge < -0.3 is 9.47 Å². The number of methoxy groups -OCH3 is 1. The van der Waals surface area contributed by atoms with E-state index in [4.69, 9.17) is 4.74 Å². The monoisotopic (exact) mass is 298 g/mol. The summed E-state index contributed by atoms with van der Waals surface area (Å²) in [6.07, 6.45) is 0.553. The summed E-state index contributed by atoms with van der Waals surface area (Å²) in [6, 6.07) is 1.04. The van der Waals surface area contributed by atoms with Crippen LogP contribution in [0.25, 0.3) is 0 Å². The summed E-state index contributed by atoms with van der Waals surface area (Å²) in [5, 5.41) is 0. The fourth-order valence-electron chi connectivity index (χ4n) is 1.67. The lowest BCUT2D eigenvalue weighted by Crippen LogP contribution is -2.22. The number of hydrogen-bond acceptors (Lipinski definition) is 5. The highest BCUT2D eigenvalue weighted by molar-refractivity contribution is 6.76. The molecule has 0 fully saturated rings. The molecule has 0 aliphatic rings. The Labute approximate surface area is 120 Å². The van der Waals surface area contributed by atoms with E-state index in [-0.39, 0.29) is 18.1 Å². The molecule has 0 spiro atoms. The minimum Gasteiger partial charge on any atom is -0.464 e. The van der Waals surface area contributed by atoms with Gasteiger partial charge in [0.15, 0.2) is 12.0 Å². The van der Waals surface area contributed by atoms with Gasteiger partial charge in [0.2, 0.25) is 0 Å². The van der Waals surface area contributed by atoms with Crippen LogP contribution in [0.1, 0.15) is 26.8 Å². The molecule has 0 aliphatic carbocycles. The Hall–Kier alpha value is -1.47. The van der Waals surface area contributed by atoms with Crippen LogP contribution in [0.5, 0.6) is 0 Å². The van der Waals surface area contributed by atoms with Gasteiger partial charge in [-0.25, -0.2) is 9.78 Å². The quantitative estimate of drug-likeness (QED) is 0.334. The third-order valence-corrected chi connectivity index (χ3v) is 4.60. The molecule has 7 heteroatoms. The molecule has 0 aliphatic heterocycles. The maximum absolute atomic E-state index is 11.7. The van der Waals surface area contributed by atoms with Crippen molar-refractivity contribution in [3.8, 4) is 0 Å². The number of aryl methyl sites for hydroxylation is 1. The highest BCUT2D eigenvalue weighted by atomic mass is 28.3.